The van der Waals surface area contributed by atoms with Crippen LogP contribution in [-0.4, -0.2) is 56.9 Å². The summed E-state index contributed by atoms with van der Waals surface area (Å²) in [6.45, 7) is 2.47. The second kappa shape index (κ2) is 4.71. The van der Waals surface area contributed by atoms with Crippen LogP contribution in [0.15, 0.2) is 0 Å². The Labute approximate surface area is 96.1 Å². The number of carbonyl (C=O) groups is 1. The van der Waals surface area contributed by atoms with Gasteiger partial charge in [0.25, 0.3) is 0 Å². The lowest BCUT2D eigenvalue weighted by molar-refractivity contribution is -0.135. The van der Waals surface area contributed by atoms with Crippen molar-refractivity contribution in [3.8, 4) is 0 Å². The average molecular weight is 246 g/mol. The van der Waals surface area contributed by atoms with E-state index < -0.39 is 9.84 Å². The molecule has 2 heterocycles. The Morgan fingerprint density at radius 1 is 1.25 bits per heavy atom. The molecule has 92 valence electrons. The van der Waals surface area contributed by atoms with Crippen LogP contribution in [0.25, 0.3) is 0 Å². The van der Waals surface area contributed by atoms with E-state index in [4.69, 9.17) is 0 Å². The first-order valence-electron chi connectivity index (χ1n) is 5.78. The van der Waals surface area contributed by atoms with Gasteiger partial charge in [-0.3, -0.25) is 4.79 Å². The zero-order valence-electron chi connectivity index (χ0n) is 9.31. The number of sulfone groups is 1. The molecular formula is C10H18N2O3S. The predicted molar refractivity (Wildman–Crippen MR) is 60.8 cm³/mol. The fourth-order valence-electron chi connectivity index (χ4n) is 2.25. The first-order valence-corrected chi connectivity index (χ1v) is 7.60. The third-order valence-electron chi connectivity index (χ3n) is 3.30. The van der Waals surface area contributed by atoms with E-state index in [2.05, 4.69) is 5.32 Å². The summed E-state index contributed by atoms with van der Waals surface area (Å²) in [6, 6.07) is 0. The highest BCUT2D eigenvalue weighted by atomic mass is 32.2. The molecule has 0 bridgehead atoms. The van der Waals surface area contributed by atoms with Crippen molar-refractivity contribution in [1.82, 2.24) is 10.2 Å². The van der Waals surface area contributed by atoms with Crippen LogP contribution >= 0.6 is 0 Å². The van der Waals surface area contributed by atoms with Gasteiger partial charge in [-0.1, -0.05) is 0 Å². The molecule has 1 atom stereocenters. The molecule has 2 rings (SSSR count). The van der Waals surface area contributed by atoms with Crippen LogP contribution < -0.4 is 5.32 Å². The number of hydrogen-bond donors (Lipinski definition) is 1. The quantitative estimate of drug-likeness (QED) is 0.660. The van der Waals surface area contributed by atoms with Crippen LogP contribution in [0.5, 0.6) is 0 Å². The summed E-state index contributed by atoms with van der Waals surface area (Å²) in [5, 5.41) is 3.21. The topological polar surface area (TPSA) is 66.5 Å². The first-order chi connectivity index (χ1) is 7.58. The van der Waals surface area contributed by atoms with Crippen LogP contribution in [0, 0.1) is 5.92 Å². The van der Waals surface area contributed by atoms with Crippen LogP contribution in [0.3, 0.4) is 0 Å². The van der Waals surface area contributed by atoms with Gasteiger partial charge >= 0.3 is 0 Å². The molecular weight excluding hydrogens is 228 g/mol. The van der Waals surface area contributed by atoms with E-state index in [0.717, 1.165) is 25.9 Å². The van der Waals surface area contributed by atoms with Gasteiger partial charge in [-0.15, -0.1) is 0 Å². The second-order valence-corrected chi connectivity index (χ2v) is 6.82. The lowest BCUT2D eigenvalue weighted by Crippen LogP contribution is -2.49. The van der Waals surface area contributed by atoms with Crippen molar-refractivity contribution in [2.75, 3.05) is 37.7 Å². The van der Waals surface area contributed by atoms with Crippen LogP contribution in [0.1, 0.15) is 12.8 Å². The van der Waals surface area contributed by atoms with Crippen molar-refractivity contribution < 1.29 is 13.2 Å². The Bertz CT molecular complexity index is 346. The van der Waals surface area contributed by atoms with Gasteiger partial charge in [0.05, 0.1) is 17.4 Å². The number of nitrogens with one attached hydrogen (secondary N) is 1. The molecule has 2 aliphatic heterocycles. The van der Waals surface area contributed by atoms with Gasteiger partial charge in [-0.2, -0.15) is 0 Å². The maximum Gasteiger partial charge on any atom is 0.227 e. The van der Waals surface area contributed by atoms with Crippen LogP contribution in [0.4, 0.5) is 0 Å². The lowest BCUT2D eigenvalue weighted by atomic mass is 9.98. The maximum atomic E-state index is 12.1. The van der Waals surface area contributed by atoms with E-state index in [-0.39, 0.29) is 23.3 Å². The van der Waals surface area contributed by atoms with Gasteiger partial charge in [0, 0.05) is 19.6 Å². The third-order valence-corrected chi connectivity index (χ3v) is 4.91. The zero-order valence-corrected chi connectivity index (χ0v) is 10.1. The second-order valence-electron chi connectivity index (χ2n) is 4.52. The number of rotatable bonds is 1. The molecule has 16 heavy (non-hydrogen) atoms. The standard InChI is InChI=1S/C10H18N2O3S/c13-10(9-2-1-3-11-8-9)12-4-6-16(14,15)7-5-12/h9,11H,1-8H2. The fourth-order valence-corrected chi connectivity index (χ4v) is 3.45. The molecule has 0 aliphatic carbocycles. The van der Waals surface area contributed by atoms with Gasteiger partial charge in [0.1, 0.15) is 0 Å². The molecule has 1 unspecified atom stereocenters. The fraction of sp³-hybridized carbons (Fsp3) is 0.900. The molecule has 0 spiro atoms. The summed E-state index contributed by atoms with van der Waals surface area (Å²) in [6.07, 6.45) is 1.96. The molecule has 6 heteroatoms. The van der Waals surface area contributed by atoms with E-state index >= 15 is 0 Å². The van der Waals surface area contributed by atoms with Gasteiger partial charge in [0.2, 0.25) is 5.91 Å². The van der Waals surface area contributed by atoms with Gasteiger partial charge in [-0.25, -0.2) is 8.42 Å². The van der Waals surface area contributed by atoms with Gasteiger partial charge in [-0.05, 0) is 19.4 Å². The monoisotopic (exact) mass is 246 g/mol. The molecule has 2 fully saturated rings. The molecule has 1 N–H and O–H groups in total. The normalized spacial score (nSPS) is 30.0. The summed E-state index contributed by atoms with van der Waals surface area (Å²) in [5.74, 6) is 0.425. The van der Waals surface area contributed by atoms with Crippen LogP contribution in [0.2, 0.25) is 0 Å². The minimum Gasteiger partial charge on any atom is -0.340 e. The van der Waals surface area contributed by atoms with Crippen molar-refractivity contribution in [3.05, 3.63) is 0 Å². The highest BCUT2D eigenvalue weighted by Gasteiger charge is 2.30. The molecule has 2 saturated heterocycles. The Balaban J connectivity index is 1.90. The number of hydrogen-bond acceptors (Lipinski definition) is 4. The van der Waals surface area contributed by atoms with E-state index in [1.807, 2.05) is 0 Å². The molecule has 1 amide bonds. The molecule has 0 aromatic rings. The first kappa shape index (κ1) is 11.9. The SMILES string of the molecule is O=C(C1CCCNC1)N1CCS(=O)(=O)CC1. The summed E-state index contributed by atoms with van der Waals surface area (Å²) in [5.41, 5.74) is 0. The number of carbonyl (C=O) groups excluding carboxylic acids is 1. The Morgan fingerprint density at radius 3 is 2.50 bits per heavy atom. The molecule has 0 radical (unpaired) electrons. The number of amides is 1. The molecule has 2 aliphatic rings. The minimum atomic E-state index is -2.89. The number of nitrogens with zero attached hydrogens (tertiary/aromatic N) is 1. The average Bonchev–Trinajstić information content (AvgIpc) is 2.29. The lowest BCUT2D eigenvalue weighted by Gasteiger charge is -2.32. The maximum absolute atomic E-state index is 12.1. The van der Waals surface area contributed by atoms with Crippen molar-refractivity contribution in [2.45, 2.75) is 12.8 Å². The van der Waals surface area contributed by atoms with E-state index in [1.54, 1.807) is 4.90 Å². The summed E-state index contributed by atoms with van der Waals surface area (Å²) in [4.78, 5) is 13.8. The van der Waals surface area contributed by atoms with Crippen LogP contribution in [-0.2, 0) is 14.6 Å². The molecule has 5 nitrogen and oxygen atoms in total. The van der Waals surface area contributed by atoms with Gasteiger partial charge in [0.15, 0.2) is 9.84 Å². The predicted octanol–water partition coefficient (Wildman–Crippen LogP) is -0.757. The Morgan fingerprint density at radius 2 is 1.94 bits per heavy atom. The van der Waals surface area contributed by atoms with E-state index in [9.17, 15) is 13.2 Å². The summed E-state index contributed by atoms with van der Waals surface area (Å²) < 4.78 is 22.5. The zero-order chi connectivity index (χ0) is 11.6. The molecule has 0 aromatic heterocycles. The number of piperidine rings is 1. The summed E-state index contributed by atoms with van der Waals surface area (Å²) >= 11 is 0. The Kier molecular flexibility index (Phi) is 3.49. The highest BCUT2D eigenvalue weighted by Crippen LogP contribution is 2.15. The third kappa shape index (κ3) is 2.74. The van der Waals surface area contributed by atoms with E-state index in [1.165, 1.54) is 0 Å². The minimum absolute atomic E-state index is 0.0505. The Hall–Kier alpha value is -0.620. The highest BCUT2D eigenvalue weighted by molar-refractivity contribution is 7.91. The molecule has 0 aromatic carbocycles. The molecule has 0 saturated carbocycles. The van der Waals surface area contributed by atoms with Crippen molar-refractivity contribution in [1.29, 1.82) is 0 Å². The van der Waals surface area contributed by atoms with Crippen molar-refractivity contribution in [2.24, 2.45) is 5.92 Å². The van der Waals surface area contributed by atoms with Crippen molar-refractivity contribution >= 4 is 15.7 Å². The summed E-state index contributed by atoms with van der Waals surface area (Å²) in [7, 11) is -2.89. The van der Waals surface area contributed by atoms with Gasteiger partial charge < -0.3 is 10.2 Å². The van der Waals surface area contributed by atoms with E-state index in [0.29, 0.717) is 13.1 Å². The smallest absolute Gasteiger partial charge is 0.227 e. The van der Waals surface area contributed by atoms with Crippen molar-refractivity contribution in [3.63, 3.8) is 0 Å². The largest absolute Gasteiger partial charge is 0.340 e.